The molecule has 1 aromatic rings. The summed E-state index contributed by atoms with van der Waals surface area (Å²) in [6.45, 7) is 5.86. The van der Waals surface area contributed by atoms with Crippen LogP contribution in [-0.2, 0) is 13.6 Å². The van der Waals surface area contributed by atoms with Gasteiger partial charge in [-0.15, -0.1) is 0 Å². The van der Waals surface area contributed by atoms with Gasteiger partial charge in [0.1, 0.15) is 0 Å². The minimum atomic E-state index is 0.489. The topological polar surface area (TPSA) is 71.5 Å². The highest BCUT2D eigenvalue weighted by molar-refractivity contribution is 9.10. The minimum absolute atomic E-state index is 0.489. The van der Waals surface area contributed by atoms with E-state index in [0.29, 0.717) is 18.5 Å². The predicted octanol–water partition coefficient (Wildman–Crippen LogP) is 1.07. The third-order valence-electron chi connectivity index (χ3n) is 3.68. The molecule has 0 aromatic carbocycles. The molecular formula is C13H23BrN6. The molecule has 1 fully saturated rings. The van der Waals surface area contributed by atoms with Gasteiger partial charge in [-0.05, 0) is 41.9 Å². The zero-order valence-corrected chi connectivity index (χ0v) is 13.7. The van der Waals surface area contributed by atoms with Gasteiger partial charge < -0.3 is 11.1 Å². The second-order valence-corrected chi connectivity index (χ2v) is 5.96. The summed E-state index contributed by atoms with van der Waals surface area (Å²) in [5.41, 5.74) is 6.81. The summed E-state index contributed by atoms with van der Waals surface area (Å²) in [5, 5.41) is 7.54. The number of nitrogens with zero attached hydrogens (tertiary/aromatic N) is 4. The van der Waals surface area contributed by atoms with E-state index in [1.165, 1.54) is 19.4 Å². The van der Waals surface area contributed by atoms with Crippen molar-refractivity contribution in [3.63, 3.8) is 0 Å². The highest BCUT2D eigenvalue weighted by Gasteiger charge is 2.22. The SMILES string of the molecule is CCN1CCCC1CNC(N)=NCc1nn(C)cc1Br. The van der Waals surface area contributed by atoms with E-state index in [1.54, 1.807) is 4.68 Å². The van der Waals surface area contributed by atoms with E-state index in [9.17, 15) is 0 Å². The maximum Gasteiger partial charge on any atom is 0.189 e. The fourth-order valence-electron chi connectivity index (χ4n) is 2.59. The van der Waals surface area contributed by atoms with E-state index in [2.05, 4.69) is 43.2 Å². The number of aliphatic imine (C=N–C) groups is 1. The number of guanidine groups is 1. The van der Waals surface area contributed by atoms with Gasteiger partial charge in [0.15, 0.2) is 5.96 Å². The molecule has 1 unspecified atom stereocenters. The van der Waals surface area contributed by atoms with E-state index in [0.717, 1.165) is 23.3 Å². The molecular weight excluding hydrogens is 320 g/mol. The smallest absolute Gasteiger partial charge is 0.189 e. The van der Waals surface area contributed by atoms with Gasteiger partial charge in [-0.3, -0.25) is 9.58 Å². The first-order chi connectivity index (χ1) is 9.60. The van der Waals surface area contributed by atoms with Crippen LogP contribution >= 0.6 is 15.9 Å². The Morgan fingerprint density at radius 2 is 2.45 bits per heavy atom. The first kappa shape index (κ1) is 15.3. The molecule has 0 radical (unpaired) electrons. The average Bonchev–Trinajstić information content (AvgIpc) is 2.99. The fraction of sp³-hybridized carbons (Fsp3) is 0.692. The van der Waals surface area contributed by atoms with Crippen LogP contribution in [0.2, 0.25) is 0 Å². The molecule has 2 heterocycles. The monoisotopic (exact) mass is 342 g/mol. The molecule has 0 spiro atoms. The number of aryl methyl sites for hydroxylation is 1. The summed E-state index contributed by atoms with van der Waals surface area (Å²) in [5.74, 6) is 0.491. The van der Waals surface area contributed by atoms with Crippen molar-refractivity contribution in [1.29, 1.82) is 0 Å². The van der Waals surface area contributed by atoms with Crippen molar-refractivity contribution < 1.29 is 0 Å². The molecule has 3 N–H and O–H groups in total. The summed E-state index contributed by atoms with van der Waals surface area (Å²) in [7, 11) is 1.89. The Bertz CT molecular complexity index is 469. The van der Waals surface area contributed by atoms with E-state index in [4.69, 9.17) is 5.73 Å². The molecule has 1 aliphatic heterocycles. The van der Waals surface area contributed by atoms with Crippen molar-refractivity contribution in [2.24, 2.45) is 17.8 Å². The quantitative estimate of drug-likeness (QED) is 0.620. The van der Waals surface area contributed by atoms with Crippen molar-refractivity contribution in [3.05, 3.63) is 16.4 Å². The van der Waals surface area contributed by atoms with Crippen LogP contribution in [0.15, 0.2) is 15.7 Å². The molecule has 0 aliphatic carbocycles. The van der Waals surface area contributed by atoms with Crippen LogP contribution in [0.5, 0.6) is 0 Å². The van der Waals surface area contributed by atoms with Gasteiger partial charge in [-0.2, -0.15) is 5.10 Å². The van der Waals surface area contributed by atoms with Crippen molar-refractivity contribution in [3.8, 4) is 0 Å². The number of hydrogen-bond acceptors (Lipinski definition) is 3. The molecule has 0 bridgehead atoms. The van der Waals surface area contributed by atoms with Gasteiger partial charge in [0, 0.05) is 25.8 Å². The van der Waals surface area contributed by atoms with Gasteiger partial charge >= 0.3 is 0 Å². The maximum absolute atomic E-state index is 5.91. The van der Waals surface area contributed by atoms with Crippen molar-refractivity contribution in [2.75, 3.05) is 19.6 Å². The lowest BCUT2D eigenvalue weighted by atomic mass is 10.2. The Hall–Kier alpha value is -1.08. The van der Waals surface area contributed by atoms with Crippen LogP contribution in [0, 0.1) is 0 Å². The lowest BCUT2D eigenvalue weighted by Gasteiger charge is -2.23. The third-order valence-corrected chi connectivity index (χ3v) is 4.34. The maximum atomic E-state index is 5.91. The standard InChI is InChI=1S/C13H23BrN6/c1-3-20-6-4-5-10(20)7-16-13(15)17-8-12-11(14)9-19(2)18-12/h9-10H,3-8H2,1-2H3,(H3,15,16,17). The third kappa shape index (κ3) is 3.96. The van der Waals surface area contributed by atoms with Gasteiger partial charge in [0.05, 0.1) is 16.7 Å². The van der Waals surface area contributed by atoms with E-state index in [1.807, 2.05) is 13.2 Å². The largest absolute Gasteiger partial charge is 0.370 e. The number of likely N-dealkylation sites (N-methyl/N-ethyl adjacent to an activating group) is 1. The number of rotatable bonds is 5. The van der Waals surface area contributed by atoms with Gasteiger partial charge in [0.2, 0.25) is 0 Å². The fourth-order valence-corrected chi connectivity index (χ4v) is 3.09. The van der Waals surface area contributed by atoms with Crippen LogP contribution < -0.4 is 11.1 Å². The number of likely N-dealkylation sites (tertiary alicyclic amines) is 1. The average molecular weight is 343 g/mol. The highest BCUT2D eigenvalue weighted by Crippen LogP contribution is 2.16. The minimum Gasteiger partial charge on any atom is -0.370 e. The Kier molecular flexibility index (Phi) is 5.42. The molecule has 1 aromatic heterocycles. The molecule has 2 rings (SSSR count). The van der Waals surface area contributed by atoms with E-state index >= 15 is 0 Å². The van der Waals surface area contributed by atoms with Crippen molar-refractivity contribution >= 4 is 21.9 Å². The Labute approximate surface area is 128 Å². The first-order valence-electron chi connectivity index (χ1n) is 7.06. The lowest BCUT2D eigenvalue weighted by Crippen LogP contribution is -2.42. The van der Waals surface area contributed by atoms with Crippen molar-refractivity contribution in [1.82, 2.24) is 20.0 Å². The van der Waals surface area contributed by atoms with Crippen LogP contribution in [0.25, 0.3) is 0 Å². The molecule has 6 nitrogen and oxygen atoms in total. The normalized spacial score (nSPS) is 20.6. The number of hydrogen-bond donors (Lipinski definition) is 2. The van der Waals surface area contributed by atoms with Crippen LogP contribution in [-0.4, -0.2) is 46.3 Å². The lowest BCUT2D eigenvalue weighted by molar-refractivity contribution is 0.267. The highest BCUT2D eigenvalue weighted by atomic mass is 79.9. The molecule has 112 valence electrons. The number of aromatic nitrogens is 2. The zero-order chi connectivity index (χ0) is 14.5. The Morgan fingerprint density at radius 3 is 3.10 bits per heavy atom. The number of nitrogens with two attached hydrogens (primary N) is 1. The van der Waals surface area contributed by atoms with Gasteiger partial charge in [-0.25, -0.2) is 4.99 Å². The van der Waals surface area contributed by atoms with Crippen LogP contribution in [0.3, 0.4) is 0 Å². The molecule has 20 heavy (non-hydrogen) atoms. The predicted molar refractivity (Wildman–Crippen MR) is 84.5 cm³/mol. The molecule has 1 atom stereocenters. The Balaban J connectivity index is 1.81. The number of halogens is 1. The number of nitrogens with one attached hydrogen (secondary N) is 1. The summed E-state index contributed by atoms with van der Waals surface area (Å²) in [6.07, 6.45) is 4.42. The summed E-state index contributed by atoms with van der Waals surface area (Å²) < 4.78 is 2.72. The first-order valence-corrected chi connectivity index (χ1v) is 7.85. The zero-order valence-electron chi connectivity index (χ0n) is 12.1. The molecule has 7 heteroatoms. The Morgan fingerprint density at radius 1 is 1.65 bits per heavy atom. The molecule has 1 aliphatic rings. The second-order valence-electron chi connectivity index (χ2n) is 5.10. The summed E-state index contributed by atoms with van der Waals surface area (Å²) in [6, 6.07) is 0.579. The van der Waals surface area contributed by atoms with Crippen LogP contribution in [0.4, 0.5) is 0 Å². The molecule has 0 saturated carbocycles. The second kappa shape index (κ2) is 7.08. The van der Waals surface area contributed by atoms with E-state index in [-0.39, 0.29) is 0 Å². The summed E-state index contributed by atoms with van der Waals surface area (Å²) >= 11 is 3.46. The van der Waals surface area contributed by atoms with E-state index < -0.39 is 0 Å². The van der Waals surface area contributed by atoms with Gasteiger partial charge in [0.25, 0.3) is 0 Å². The molecule has 0 amide bonds. The van der Waals surface area contributed by atoms with Crippen molar-refractivity contribution in [2.45, 2.75) is 32.4 Å². The van der Waals surface area contributed by atoms with Gasteiger partial charge in [-0.1, -0.05) is 6.92 Å². The molecule has 1 saturated heterocycles. The van der Waals surface area contributed by atoms with Crippen LogP contribution in [0.1, 0.15) is 25.5 Å². The summed E-state index contributed by atoms with van der Waals surface area (Å²) in [4.78, 5) is 6.82.